The maximum atomic E-state index is 13.1. The number of aryl methyl sites for hydroxylation is 1. The van der Waals surface area contributed by atoms with Crippen LogP contribution in [-0.4, -0.2) is 68.8 Å². The number of amides is 2. The molecule has 32 heavy (non-hydrogen) atoms. The summed E-state index contributed by atoms with van der Waals surface area (Å²) in [4.78, 5) is 26.9. The van der Waals surface area contributed by atoms with Crippen molar-refractivity contribution in [1.29, 1.82) is 0 Å². The Morgan fingerprint density at radius 2 is 1.81 bits per heavy atom. The minimum atomic E-state index is -3.69. The number of hydrogen-bond acceptors (Lipinski definition) is 6. The lowest BCUT2D eigenvalue weighted by Gasteiger charge is -2.30. The monoisotopic (exact) mass is 477 g/mol. The maximum Gasteiger partial charge on any atom is 0.254 e. The highest BCUT2D eigenvalue weighted by atomic mass is 32.2. The molecule has 0 aliphatic carbocycles. The molecule has 2 aromatic rings. The summed E-state index contributed by atoms with van der Waals surface area (Å²) in [7, 11) is -3.69. The molecular weight excluding hydrogens is 450 g/mol. The predicted molar refractivity (Wildman–Crippen MR) is 122 cm³/mol. The van der Waals surface area contributed by atoms with Gasteiger partial charge in [-0.15, -0.1) is 11.3 Å². The summed E-state index contributed by atoms with van der Waals surface area (Å²) in [6, 6.07) is 9.07. The molecule has 0 atom stereocenters. The van der Waals surface area contributed by atoms with Crippen molar-refractivity contribution in [2.75, 3.05) is 44.7 Å². The van der Waals surface area contributed by atoms with Crippen LogP contribution in [0.25, 0.3) is 0 Å². The van der Waals surface area contributed by atoms with Crippen LogP contribution in [0.2, 0.25) is 0 Å². The van der Waals surface area contributed by atoms with Gasteiger partial charge in [-0.2, -0.15) is 4.31 Å². The molecule has 2 fully saturated rings. The number of nitrogens with zero attached hydrogens (tertiary/aromatic N) is 2. The molecular formula is C22H27N3O5S2. The number of thiophene rings is 1. The third kappa shape index (κ3) is 5.03. The molecule has 4 rings (SSSR count). The summed E-state index contributed by atoms with van der Waals surface area (Å²) in [5, 5.41) is 4.53. The summed E-state index contributed by atoms with van der Waals surface area (Å²) < 4.78 is 33.0. The second kappa shape index (κ2) is 9.70. The van der Waals surface area contributed by atoms with Gasteiger partial charge in [0.25, 0.3) is 15.9 Å². The molecule has 0 saturated carbocycles. The zero-order valence-electron chi connectivity index (χ0n) is 18.0. The topological polar surface area (TPSA) is 96.0 Å². The maximum absolute atomic E-state index is 13.1. The Morgan fingerprint density at radius 3 is 2.50 bits per heavy atom. The fraction of sp³-hybridized carbons (Fsp3) is 0.455. The normalized spacial score (nSPS) is 18.5. The van der Waals surface area contributed by atoms with Gasteiger partial charge in [-0.25, -0.2) is 8.42 Å². The summed E-state index contributed by atoms with van der Waals surface area (Å²) >= 11 is 1.07. The smallest absolute Gasteiger partial charge is 0.254 e. The lowest BCUT2D eigenvalue weighted by atomic mass is 9.97. The molecule has 2 amide bonds. The van der Waals surface area contributed by atoms with E-state index in [9.17, 15) is 18.0 Å². The number of piperidine rings is 1. The van der Waals surface area contributed by atoms with Crippen molar-refractivity contribution in [2.45, 2.75) is 24.0 Å². The lowest BCUT2D eigenvalue weighted by molar-refractivity contribution is -0.120. The van der Waals surface area contributed by atoms with Gasteiger partial charge >= 0.3 is 0 Å². The van der Waals surface area contributed by atoms with E-state index in [4.69, 9.17) is 4.74 Å². The molecule has 1 aromatic heterocycles. The van der Waals surface area contributed by atoms with E-state index in [1.807, 2.05) is 31.2 Å². The van der Waals surface area contributed by atoms with E-state index < -0.39 is 10.0 Å². The van der Waals surface area contributed by atoms with Crippen LogP contribution in [0, 0.1) is 12.8 Å². The van der Waals surface area contributed by atoms with E-state index in [1.165, 1.54) is 10.4 Å². The van der Waals surface area contributed by atoms with E-state index in [1.54, 1.807) is 10.3 Å². The number of nitrogens with one attached hydrogen (secondary N) is 1. The number of anilines is 1. The van der Waals surface area contributed by atoms with Crippen LogP contribution in [0.15, 0.2) is 39.9 Å². The second-order valence-electron chi connectivity index (χ2n) is 8.10. The highest BCUT2D eigenvalue weighted by molar-refractivity contribution is 7.91. The zero-order chi connectivity index (χ0) is 22.7. The second-order valence-corrected chi connectivity index (χ2v) is 11.2. The predicted octanol–water partition coefficient (Wildman–Crippen LogP) is 2.57. The van der Waals surface area contributed by atoms with Gasteiger partial charge in [0.05, 0.1) is 18.8 Å². The van der Waals surface area contributed by atoms with Gasteiger partial charge in [-0.1, -0.05) is 12.1 Å². The molecule has 0 unspecified atom stereocenters. The standard InChI is InChI=1S/C22H27N3O5S2/c1-16-3-2-4-19(13-16)23-21(26)17-5-7-25(8-6-17)32(28,29)20-14-18(15-31-20)22(27)24-9-11-30-12-10-24/h2-4,13-15,17H,5-12H2,1H3,(H,23,26). The number of morpholine rings is 1. The van der Waals surface area contributed by atoms with Crippen molar-refractivity contribution in [2.24, 2.45) is 5.92 Å². The van der Waals surface area contributed by atoms with Crippen molar-refractivity contribution in [3.8, 4) is 0 Å². The molecule has 0 spiro atoms. The van der Waals surface area contributed by atoms with E-state index in [0.717, 1.165) is 22.6 Å². The Kier molecular flexibility index (Phi) is 6.94. The number of rotatable bonds is 5. The minimum absolute atomic E-state index is 0.0813. The Balaban J connectivity index is 1.36. The van der Waals surface area contributed by atoms with E-state index in [-0.39, 0.29) is 35.0 Å². The average Bonchev–Trinajstić information content (AvgIpc) is 3.30. The van der Waals surface area contributed by atoms with Crippen molar-refractivity contribution >= 4 is 38.9 Å². The van der Waals surface area contributed by atoms with E-state index >= 15 is 0 Å². The molecule has 0 bridgehead atoms. The number of sulfonamides is 1. The molecule has 2 aliphatic rings. The molecule has 0 radical (unpaired) electrons. The number of ether oxygens (including phenoxy) is 1. The number of carbonyl (C=O) groups excluding carboxylic acids is 2. The quantitative estimate of drug-likeness (QED) is 0.714. The SMILES string of the molecule is Cc1cccc(NC(=O)C2CCN(S(=O)(=O)c3cc(C(=O)N4CCOCC4)cs3)CC2)c1. The van der Waals surface area contributed by atoms with Gasteiger partial charge in [0.2, 0.25) is 5.91 Å². The van der Waals surface area contributed by atoms with Gasteiger partial charge < -0.3 is 15.0 Å². The Bertz CT molecular complexity index is 1080. The molecule has 1 N–H and O–H groups in total. The summed E-state index contributed by atoms with van der Waals surface area (Å²) in [5.41, 5.74) is 2.20. The molecule has 3 heterocycles. The van der Waals surface area contributed by atoms with E-state index in [0.29, 0.717) is 44.7 Å². The third-order valence-electron chi connectivity index (χ3n) is 5.83. The first-order valence-electron chi connectivity index (χ1n) is 10.7. The highest BCUT2D eigenvalue weighted by Gasteiger charge is 2.33. The lowest BCUT2D eigenvalue weighted by Crippen LogP contribution is -2.41. The minimum Gasteiger partial charge on any atom is -0.378 e. The highest BCUT2D eigenvalue weighted by Crippen LogP contribution is 2.29. The third-order valence-corrected chi connectivity index (χ3v) is 9.14. The molecule has 2 aliphatic heterocycles. The van der Waals surface area contributed by atoms with Crippen molar-refractivity contribution in [1.82, 2.24) is 9.21 Å². The van der Waals surface area contributed by atoms with Crippen LogP contribution >= 0.6 is 11.3 Å². The van der Waals surface area contributed by atoms with Gasteiger partial charge in [0, 0.05) is 43.2 Å². The van der Waals surface area contributed by atoms with Crippen LogP contribution in [0.1, 0.15) is 28.8 Å². The molecule has 172 valence electrons. The van der Waals surface area contributed by atoms with Crippen LogP contribution in [0.3, 0.4) is 0 Å². The van der Waals surface area contributed by atoms with Crippen molar-refractivity contribution in [3.63, 3.8) is 0 Å². The van der Waals surface area contributed by atoms with Gasteiger partial charge in [0.15, 0.2) is 0 Å². The summed E-state index contributed by atoms with van der Waals surface area (Å²) in [6.07, 6.45) is 0.920. The number of hydrogen-bond donors (Lipinski definition) is 1. The van der Waals surface area contributed by atoms with Gasteiger partial charge in [0.1, 0.15) is 4.21 Å². The Morgan fingerprint density at radius 1 is 1.09 bits per heavy atom. The van der Waals surface area contributed by atoms with Crippen LogP contribution in [0.5, 0.6) is 0 Å². The van der Waals surface area contributed by atoms with Crippen LogP contribution in [0.4, 0.5) is 5.69 Å². The number of carbonyl (C=O) groups is 2. The van der Waals surface area contributed by atoms with Crippen LogP contribution < -0.4 is 5.32 Å². The van der Waals surface area contributed by atoms with Gasteiger partial charge in [-0.3, -0.25) is 9.59 Å². The molecule has 8 nitrogen and oxygen atoms in total. The van der Waals surface area contributed by atoms with Crippen LogP contribution in [-0.2, 0) is 19.6 Å². The summed E-state index contributed by atoms with van der Waals surface area (Å²) in [5.74, 6) is -0.483. The Labute approximate surface area is 192 Å². The Hall–Kier alpha value is -2.27. The zero-order valence-corrected chi connectivity index (χ0v) is 19.6. The number of benzene rings is 1. The molecule has 10 heteroatoms. The van der Waals surface area contributed by atoms with Crippen molar-refractivity contribution in [3.05, 3.63) is 46.8 Å². The molecule has 2 saturated heterocycles. The fourth-order valence-electron chi connectivity index (χ4n) is 3.97. The first-order chi connectivity index (χ1) is 15.3. The van der Waals surface area contributed by atoms with Gasteiger partial charge in [-0.05, 0) is 43.5 Å². The summed E-state index contributed by atoms with van der Waals surface area (Å²) in [6.45, 7) is 4.52. The van der Waals surface area contributed by atoms with Crippen molar-refractivity contribution < 1.29 is 22.7 Å². The first kappa shape index (κ1) is 22.9. The largest absolute Gasteiger partial charge is 0.378 e. The molecule has 1 aromatic carbocycles. The average molecular weight is 478 g/mol. The van der Waals surface area contributed by atoms with E-state index in [2.05, 4.69) is 5.32 Å². The fourth-order valence-corrected chi connectivity index (χ4v) is 6.74. The first-order valence-corrected chi connectivity index (χ1v) is 13.0.